The molecule has 0 aromatic rings. The number of amides is 2. The van der Waals surface area contributed by atoms with Crippen molar-refractivity contribution in [1.82, 2.24) is 10.6 Å². The molecule has 0 aliphatic carbocycles. The predicted molar refractivity (Wildman–Crippen MR) is 54.5 cm³/mol. The van der Waals surface area contributed by atoms with Crippen LogP contribution in [0.25, 0.3) is 0 Å². The lowest BCUT2D eigenvalue weighted by Crippen LogP contribution is -2.42. The van der Waals surface area contributed by atoms with Gasteiger partial charge in [0.25, 0.3) is 0 Å². The van der Waals surface area contributed by atoms with E-state index in [0.29, 0.717) is 19.6 Å². The minimum absolute atomic E-state index is 0.0547. The molecule has 0 aliphatic heterocycles. The first-order chi connectivity index (χ1) is 6.36. The summed E-state index contributed by atoms with van der Waals surface area (Å²) in [6.07, 6.45) is 0. The van der Waals surface area contributed by atoms with Crippen molar-refractivity contribution in [3.05, 3.63) is 0 Å². The van der Waals surface area contributed by atoms with E-state index in [0.717, 1.165) is 0 Å². The molecule has 0 rings (SSSR count). The Balaban J connectivity index is 3.54. The maximum atomic E-state index is 10.9. The molecule has 82 valence electrons. The number of carbonyl (C=O) groups is 2. The number of nitrogens with one attached hydrogen (secondary N) is 2. The minimum atomic E-state index is -0.545. The molecule has 0 unspecified atom stereocenters. The van der Waals surface area contributed by atoms with Gasteiger partial charge in [-0.3, -0.25) is 9.59 Å². The van der Waals surface area contributed by atoms with Crippen LogP contribution in [0.3, 0.4) is 0 Å². The summed E-state index contributed by atoms with van der Waals surface area (Å²) in [7, 11) is 0. The maximum Gasteiger partial charge on any atom is 0.224 e. The Morgan fingerprint density at radius 2 is 1.86 bits per heavy atom. The van der Waals surface area contributed by atoms with E-state index in [1.54, 1.807) is 13.8 Å². The predicted octanol–water partition coefficient (Wildman–Crippen LogP) is -0.776. The minimum Gasteiger partial charge on any atom is -0.369 e. The SMILES string of the molecule is CC(=O)NCCNCC(C)(C)C(N)=O. The first kappa shape index (κ1) is 12.9. The third-order valence-corrected chi connectivity index (χ3v) is 1.91. The summed E-state index contributed by atoms with van der Waals surface area (Å²) in [4.78, 5) is 21.4. The highest BCUT2D eigenvalue weighted by Gasteiger charge is 2.23. The lowest BCUT2D eigenvalue weighted by Gasteiger charge is -2.20. The Hall–Kier alpha value is -1.10. The molecule has 0 aromatic carbocycles. The van der Waals surface area contributed by atoms with E-state index in [1.807, 2.05) is 0 Å². The van der Waals surface area contributed by atoms with Gasteiger partial charge in [-0.1, -0.05) is 0 Å². The first-order valence-electron chi connectivity index (χ1n) is 4.61. The Morgan fingerprint density at radius 1 is 1.29 bits per heavy atom. The van der Waals surface area contributed by atoms with Crippen molar-refractivity contribution in [2.75, 3.05) is 19.6 Å². The van der Waals surface area contributed by atoms with Gasteiger partial charge in [0.05, 0.1) is 5.41 Å². The monoisotopic (exact) mass is 201 g/mol. The molecule has 0 bridgehead atoms. The molecule has 0 aliphatic rings. The molecular weight excluding hydrogens is 182 g/mol. The number of primary amides is 1. The van der Waals surface area contributed by atoms with E-state index in [1.165, 1.54) is 6.92 Å². The summed E-state index contributed by atoms with van der Waals surface area (Å²) in [5.74, 6) is -0.384. The molecule has 14 heavy (non-hydrogen) atoms. The van der Waals surface area contributed by atoms with Crippen LogP contribution in [-0.4, -0.2) is 31.4 Å². The lowest BCUT2D eigenvalue weighted by molar-refractivity contribution is -0.125. The van der Waals surface area contributed by atoms with Gasteiger partial charge in [0.1, 0.15) is 0 Å². The van der Waals surface area contributed by atoms with E-state index >= 15 is 0 Å². The number of hydrogen-bond acceptors (Lipinski definition) is 3. The highest BCUT2D eigenvalue weighted by Crippen LogP contribution is 2.11. The molecule has 0 aromatic heterocycles. The molecule has 0 spiro atoms. The van der Waals surface area contributed by atoms with Gasteiger partial charge in [0.15, 0.2) is 0 Å². The van der Waals surface area contributed by atoms with Crippen LogP contribution >= 0.6 is 0 Å². The van der Waals surface area contributed by atoms with E-state index in [9.17, 15) is 9.59 Å². The third kappa shape index (κ3) is 5.53. The Labute approximate surface area is 84.4 Å². The van der Waals surface area contributed by atoms with E-state index in [4.69, 9.17) is 5.73 Å². The van der Waals surface area contributed by atoms with Gasteiger partial charge in [0, 0.05) is 26.6 Å². The number of nitrogens with two attached hydrogens (primary N) is 1. The van der Waals surface area contributed by atoms with Crippen molar-refractivity contribution in [2.24, 2.45) is 11.1 Å². The summed E-state index contributed by atoms with van der Waals surface area (Å²) in [6.45, 7) is 6.73. The van der Waals surface area contributed by atoms with Gasteiger partial charge < -0.3 is 16.4 Å². The molecule has 0 heterocycles. The fourth-order valence-electron chi connectivity index (χ4n) is 0.815. The number of hydrogen-bond donors (Lipinski definition) is 3. The van der Waals surface area contributed by atoms with Crippen LogP contribution in [0.1, 0.15) is 20.8 Å². The van der Waals surface area contributed by atoms with E-state index in [2.05, 4.69) is 10.6 Å². The number of rotatable bonds is 6. The van der Waals surface area contributed by atoms with Crippen LogP contribution < -0.4 is 16.4 Å². The summed E-state index contributed by atoms with van der Waals surface area (Å²) in [6, 6.07) is 0. The third-order valence-electron chi connectivity index (χ3n) is 1.91. The van der Waals surface area contributed by atoms with Gasteiger partial charge in [-0.25, -0.2) is 0 Å². The van der Waals surface area contributed by atoms with Gasteiger partial charge in [0.2, 0.25) is 11.8 Å². The summed E-state index contributed by atoms with van der Waals surface area (Å²) < 4.78 is 0. The van der Waals surface area contributed by atoms with Gasteiger partial charge in [-0.05, 0) is 13.8 Å². The van der Waals surface area contributed by atoms with Crippen LogP contribution in [0.15, 0.2) is 0 Å². The van der Waals surface area contributed by atoms with Crippen LogP contribution in [0.2, 0.25) is 0 Å². The maximum absolute atomic E-state index is 10.9. The molecule has 0 fully saturated rings. The highest BCUT2D eigenvalue weighted by atomic mass is 16.1. The second-order valence-corrected chi connectivity index (χ2v) is 3.91. The smallest absolute Gasteiger partial charge is 0.224 e. The van der Waals surface area contributed by atoms with Gasteiger partial charge >= 0.3 is 0 Å². The average Bonchev–Trinajstić information content (AvgIpc) is 2.02. The first-order valence-corrected chi connectivity index (χ1v) is 4.61. The largest absolute Gasteiger partial charge is 0.369 e. The van der Waals surface area contributed by atoms with Crippen LogP contribution in [0.4, 0.5) is 0 Å². The molecule has 0 saturated carbocycles. The van der Waals surface area contributed by atoms with E-state index in [-0.39, 0.29) is 11.8 Å². The van der Waals surface area contributed by atoms with Crippen molar-refractivity contribution in [2.45, 2.75) is 20.8 Å². The zero-order valence-electron chi connectivity index (χ0n) is 9.02. The summed E-state index contributed by atoms with van der Waals surface area (Å²) >= 11 is 0. The van der Waals surface area contributed by atoms with Crippen molar-refractivity contribution in [1.29, 1.82) is 0 Å². The Bertz CT molecular complexity index is 214. The second kappa shape index (κ2) is 5.59. The van der Waals surface area contributed by atoms with Crippen LogP contribution in [-0.2, 0) is 9.59 Å². The quantitative estimate of drug-likeness (QED) is 0.493. The van der Waals surface area contributed by atoms with Crippen LogP contribution in [0, 0.1) is 5.41 Å². The van der Waals surface area contributed by atoms with Gasteiger partial charge in [-0.2, -0.15) is 0 Å². The van der Waals surface area contributed by atoms with Crippen molar-refractivity contribution in [3.8, 4) is 0 Å². The zero-order valence-corrected chi connectivity index (χ0v) is 9.02. The lowest BCUT2D eigenvalue weighted by atomic mass is 9.93. The second-order valence-electron chi connectivity index (χ2n) is 3.91. The fourth-order valence-corrected chi connectivity index (χ4v) is 0.815. The zero-order chi connectivity index (χ0) is 11.2. The Kier molecular flexibility index (Phi) is 5.15. The molecule has 0 saturated heterocycles. The molecule has 4 N–H and O–H groups in total. The molecular formula is C9H19N3O2. The summed E-state index contributed by atoms with van der Waals surface area (Å²) in [5, 5.41) is 5.69. The van der Waals surface area contributed by atoms with Crippen LogP contribution in [0.5, 0.6) is 0 Å². The topological polar surface area (TPSA) is 84.2 Å². The number of carbonyl (C=O) groups excluding carboxylic acids is 2. The molecule has 0 radical (unpaired) electrons. The summed E-state index contributed by atoms with van der Waals surface area (Å²) in [5.41, 5.74) is 4.64. The van der Waals surface area contributed by atoms with E-state index < -0.39 is 5.41 Å². The normalized spacial score (nSPS) is 11.1. The van der Waals surface area contributed by atoms with Crippen molar-refractivity contribution >= 4 is 11.8 Å². The molecule has 0 atom stereocenters. The van der Waals surface area contributed by atoms with Gasteiger partial charge in [-0.15, -0.1) is 0 Å². The highest BCUT2D eigenvalue weighted by molar-refractivity contribution is 5.80. The molecule has 2 amide bonds. The fraction of sp³-hybridized carbons (Fsp3) is 0.778. The average molecular weight is 201 g/mol. The Morgan fingerprint density at radius 3 is 2.29 bits per heavy atom. The standard InChI is InChI=1S/C9H19N3O2/c1-7(13)12-5-4-11-6-9(2,3)8(10)14/h11H,4-6H2,1-3H3,(H2,10,14)(H,12,13). The van der Waals surface area contributed by atoms with Crippen molar-refractivity contribution in [3.63, 3.8) is 0 Å². The molecule has 5 nitrogen and oxygen atoms in total. The van der Waals surface area contributed by atoms with Crippen molar-refractivity contribution < 1.29 is 9.59 Å². The molecule has 5 heteroatoms.